The topological polar surface area (TPSA) is 48.7 Å². The van der Waals surface area contributed by atoms with Crippen molar-refractivity contribution in [3.63, 3.8) is 0 Å². The average Bonchev–Trinajstić information content (AvgIpc) is 3.00. The predicted molar refractivity (Wildman–Crippen MR) is 122 cm³/mol. The normalized spacial score (nSPS) is 22.8. The molecule has 2 aliphatic rings. The Kier molecular flexibility index (Phi) is 6.42. The number of aliphatic imine (C=N–C) groups is 1. The first-order valence-electron chi connectivity index (χ1n) is 11.3. The molecule has 30 heavy (non-hydrogen) atoms. The molecule has 0 spiro atoms. The number of aromatic nitrogens is 2. The van der Waals surface area contributed by atoms with E-state index in [2.05, 4.69) is 69.4 Å². The first kappa shape index (κ1) is 20.9. The number of likely N-dealkylation sites (tertiary alicyclic amines) is 2. The average molecular weight is 409 g/mol. The fourth-order valence-electron chi connectivity index (χ4n) is 5.29. The van der Waals surface area contributed by atoms with Gasteiger partial charge in [0.2, 0.25) is 0 Å². The van der Waals surface area contributed by atoms with E-state index in [0.717, 1.165) is 43.8 Å². The van der Waals surface area contributed by atoms with Crippen molar-refractivity contribution in [2.24, 2.45) is 18.0 Å². The van der Waals surface area contributed by atoms with Crippen molar-refractivity contribution < 1.29 is 0 Å². The van der Waals surface area contributed by atoms with E-state index < -0.39 is 0 Å². The maximum Gasteiger partial charge on any atom is 0.193 e. The number of hydrogen-bond acceptors (Lipinski definition) is 3. The van der Waals surface area contributed by atoms with Crippen LogP contribution in [0.4, 0.5) is 0 Å². The van der Waals surface area contributed by atoms with E-state index in [9.17, 15) is 0 Å². The van der Waals surface area contributed by atoms with Gasteiger partial charge in [-0.15, -0.1) is 0 Å². The third-order valence-electron chi connectivity index (χ3n) is 7.01. The lowest BCUT2D eigenvalue weighted by Gasteiger charge is -2.48. The summed E-state index contributed by atoms with van der Waals surface area (Å²) in [6.45, 7) is 9.47. The van der Waals surface area contributed by atoms with Gasteiger partial charge in [-0.1, -0.05) is 30.3 Å². The van der Waals surface area contributed by atoms with Crippen molar-refractivity contribution in [3.8, 4) is 0 Å². The second kappa shape index (κ2) is 9.21. The van der Waals surface area contributed by atoms with E-state index in [1.165, 1.54) is 42.6 Å². The molecule has 1 aromatic carbocycles. The lowest BCUT2D eigenvalue weighted by atomic mass is 9.83. The molecule has 0 saturated carbocycles. The highest BCUT2D eigenvalue weighted by molar-refractivity contribution is 5.80. The Morgan fingerprint density at radius 2 is 1.97 bits per heavy atom. The predicted octanol–water partition coefficient (Wildman–Crippen LogP) is 3.10. The zero-order chi connectivity index (χ0) is 21.1. The number of fused-ring (bicyclic) bond motifs is 1. The zero-order valence-electron chi connectivity index (χ0n) is 18.9. The molecule has 0 amide bonds. The van der Waals surface area contributed by atoms with Gasteiger partial charge in [-0.3, -0.25) is 14.6 Å². The number of aryl methyl sites for hydroxylation is 2. The highest BCUT2D eigenvalue weighted by Gasteiger charge is 2.36. The molecule has 0 radical (unpaired) electrons. The minimum atomic E-state index is 0.691. The third-order valence-corrected chi connectivity index (χ3v) is 7.01. The summed E-state index contributed by atoms with van der Waals surface area (Å²) < 4.78 is 1.96. The summed E-state index contributed by atoms with van der Waals surface area (Å²) in [7, 11) is 3.91. The van der Waals surface area contributed by atoms with Gasteiger partial charge in [-0.2, -0.15) is 5.10 Å². The van der Waals surface area contributed by atoms with Gasteiger partial charge < -0.3 is 10.2 Å². The quantitative estimate of drug-likeness (QED) is 0.624. The highest BCUT2D eigenvalue weighted by atomic mass is 15.3. The maximum atomic E-state index is 4.61. The van der Waals surface area contributed by atoms with Crippen LogP contribution in [0.5, 0.6) is 0 Å². The summed E-state index contributed by atoms with van der Waals surface area (Å²) in [5.74, 6) is 1.74. The van der Waals surface area contributed by atoms with Crippen LogP contribution in [-0.4, -0.2) is 58.3 Å². The summed E-state index contributed by atoms with van der Waals surface area (Å²) in [5.41, 5.74) is 5.03. The number of nitrogens with zero attached hydrogens (tertiary/aromatic N) is 5. The fraction of sp³-hybridized carbons (Fsp3) is 0.583. The molecule has 2 fully saturated rings. The number of benzene rings is 1. The van der Waals surface area contributed by atoms with Gasteiger partial charge in [-0.05, 0) is 51.1 Å². The number of guanidine groups is 1. The van der Waals surface area contributed by atoms with Gasteiger partial charge in [0, 0.05) is 57.6 Å². The molecule has 2 atom stereocenters. The first-order valence-corrected chi connectivity index (χ1v) is 11.3. The Bertz CT molecular complexity index is 871. The summed E-state index contributed by atoms with van der Waals surface area (Å²) in [5, 5.41) is 8.15. The van der Waals surface area contributed by atoms with Crippen LogP contribution in [0.2, 0.25) is 0 Å². The Hall–Kier alpha value is -2.34. The Balaban J connectivity index is 1.37. The molecule has 1 N–H and O–H groups in total. The molecule has 2 aromatic rings. The molecule has 2 aliphatic heterocycles. The van der Waals surface area contributed by atoms with E-state index >= 15 is 0 Å². The van der Waals surface area contributed by atoms with Gasteiger partial charge >= 0.3 is 0 Å². The van der Waals surface area contributed by atoms with E-state index in [1.54, 1.807) is 0 Å². The van der Waals surface area contributed by atoms with Crippen molar-refractivity contribution in [2.75, 3.05) is 26.7 Å². The van der Waals surface area contributed by atoms with E-state index in [-0.39, 0.29) is 0 Å². The summed E-state index contributed by atoms with van der Waals surface area (Å²) >= 11 is 0. The SMILES string of the molecule is CN=C(NCc1c(C)nn(C)c1C)N1CCC2C(CCCN2Cc2ccccc2)C1. The molecule has 3 heterocycles. The minimum absolute atomic E-state index is 0.691. The van der Waals surface area contributed by atoms with Crippen LogP contribution in [-0.2, 0) is 20.1 Å². The summed E-state index contributed by atoms with van der Waals surface area (Å²) in [6, 6.07) is 11.6. The van der Waals surface area contributed by atoms with Gasteiger partial charge in [0.15, 0.2) is 5.96 Å². The standard InChI is InChI=1S/C24H36N6/c1-18-22(19(2)28(4)27-18)15-26-24(25-3)30-14-12-23-21(17-30)11-8-13-29(23)16-20-9-6-5-7-10-20/h5-7,9-10,21,23H,8,11-17H2,1-4H3,(H,25,26). The van der Waals surface area contributed by atoms with Gasteiger partial charge in [-0.25, -0.2) is 0 Å². The molecule has 1 aromatic heterocycles. The van der Waals surface area contributed by atoms with Crippen LogP contribution >= 0.6 is 0 Å². The first-order chi connectivity index (χ1) is 14.6. The number of piperidine rings is 2. The molecule has 0 bridgehead atoms. The van der Waals surface area contributed by atoms with Crippen molar-refractivity contribution in [1.29, 1.82) is 0 Å². The van der Waals surface area contributed by atoms with Crippen LogP contribution < -0.4 is 5.32 Å². The van der Waals surface area contributed by atoms with Crippen molar-refractivity contribution in [3.05, 3.63) is 52.8 Å². The van der Waals surface area contributed by atoms with Crippen molar-refractivity contribution in [1.82, 2.24) is 24.9 Å². The highest BCUT2D eigenvalue weighted by Crippen LogP contribution is 2.31. The lowest BCUT2D eigenvalue weighted by molar-refractivity contribution is 0.0372. The second-order valence-corrected chi connectivity index (χ2v) is 8.83. The summed E-state index contributed by atoms with van der Waals surface area (Å²) in [6.07, 6.45) is 3.83. The van der Waals surface area contributed by atoms with Crippen LogP contribution in [0.25, 0.3) is 0 Å². The maximum absolute atomic E-state index is 4.61. The number of nitrogens with one attached hydrogen (secondary N) is 1. The number of hydrogen-bond donors (Lipinski definition) is 1. The zero-order valence-corrected chi connectivity index (χ0v) is 18.9. The monoisotopic (exact) mass is 408 g/mol. The van der Waals surface area contributed by atoms with Crippen molar-refractivity contribution in [2.45, 2.75) is 52.2 Å². The van der Waals surface area contributed by atoms with Gasteiger partial charge in [0.1, 0.15) is 0 Å². The largest absolute Gasteiger partial charge is 0.352 e. The smallest absolute Gasteiger partial charge is 0.193 e. The second-order valence-electron chi connectivity index (χ2n) is 8.83. The van der Waals surface area contributed by atoms with Crippen LogP contribution in [0.1, 0.15) is 41.8 Å². The molecule has 2 saturated heterocycles. The van der Waals surface area contributed by atoms with Gasteiger partial charge in [0.25, 0.3) is 0 Å². The molecular formula is C24H36N6. The minimum Gasteiger partial charge on any atom is -0.352 e. The Morgan fingerprint density at radius 1 is 1.17 bits per heavy atom. The molecular weight excluding hydrogens is 372 g/mol. The Morgan fingerprint density at radius 3 is 2.67 bits per heavy atom. The third kappa shape index (κ3) is 4.38. The Labute approximate surface area is 181 Å². The molecule has 4 rings (SSSR count). The van der Waals surface area contributed by atoms with E-state index in [1.807, 2.05) is 18.8 Å². The van der Waals surface area contributed by atoms with Crippen LogP contribution in [0, 0.1) is 19.8 Å². The molecule has 162 valence electrons. The lowest BCUT2D eigenvalue weighted by Crippen LogP contribution is -2.56. The molecule has 6 nitrogen and oxygen atoms in total. The molecule has 2 unspecified atom stereocenters. The van der Waals surface area contributed by atoms with Crippen molar-refractivity contribution >= 4 is 5.96 Å². The van der Waals surface area contributed by atoms with Crippen LogP contribution in [0.15, 0.2) is 35.3 Å². The molecule has 6 heteroatoms. The van der Waals surface area contributed by atoms with E-state index in [4.69, 9.17) is 0 Å². The van der Waals surface area contributed by atoms with Crippen LogP contribution in [0.3, 0.4) is 0 Å². The molecule has 0 aliphatic carbocycles. The number of rotatable bonds is 4. The van der Waals surface area contributed by atoms with Gasteiger partial charge in [0.05, 0.1) is 5.69 Å². The van der Waals surface area contributed by atoms with E-state index in [0.29, 0.717) is 6.04 Å². The fourth-order valence-corrected chi connectivity index (χ4v) is 5.29. The summed E-state index contributed by atoms with van der Waals surface area (Å²) in [4.78, 5) is 9.80.